The van der Waals surface area contributed by atoms with Gasteiger partial charge in [-0.1, -0.05) is 12.1 Å². The fraction of sp³-hybridized carbons (Fsp3) is 0.478. The topological polar surface area (TPSA) is 63.6 Å². The molecule has 2 aromatic carbocycles. The van der Waals surface area contributed by atoms with E-state index in [1.807, 2.05) is 62.4 Å². The number of aliphatic hydroxyl groups excluding tert-OH is 1. The van der Waals surface area contributed by atoms with Crippen LogP contribution in [0.2, 0.25) is 0 Å². The van der Waals surface area contributed by atoms with Crippen LogP contribution >= 0.6 is 0 Å². The van der Waals surface area contributed by atoms with Gasteiger partial charge in [0.15, 0.2) is 11.5 Å². The van der Waals surface area contributed by atoms with E-state index >= 15 is 0 Å². The van der Waals surface area contributed by atoms with Crippen molar-refractivity contribution in [2.24, 2.45) is 0 Å². The summed E-state index contributed by atoms with van der Waals surface area (Å²) in [6.07, 6.45) is -0.614. The quantitative estimate of drug-likeness (QED) is 0.536. The minimum atomic E-state index is -0.614. The summed E-state index contributed by atoms with van der Waals surface area (Å²) >= 11 is 0. The van der Waals surface area contributed by atoms with Crippen molar-refractivity contribution in [2.45, 2.75) is 12.6 Å². The van der Waals surface area contributed by atoms with Crippen LogP contribution in [0.4, 0.5) is 0 Å². The van der Waals surface area contributed by atoms with E-state index in [-0.39, 0.29) is 6.61 Å². The molecule has 0 saturated carbocycles. The summed E-state index contributed by atoms with van der Waals surface area (Å²) in [6.45, 7) is 2.79. The summed E-state index contributed by atoms with van der Waals surface area (Å²) in [7, 11) is 9.23. The Labute approximate surface area is 179 Å². The molecule has 0 unspecified atom stereocenters. The second-order valence-electron chi connectivity index (χ2n) is 7.48. The Bertz CT molecular complexity index is 769. The Morgan fingerprint density at radius 1 is 0.900 bits per heavy atom. The monoisotopic (exact) mass is 418 g/mol. The summed E-state index contributed by atoms with van der Waals surface area (Å²) < 4.78 is 22.1. The van der Waals surface area contributed by atoms with Crippen LogP contribution in [0, 0.1) is 0 Å². The Kier molecular flexibility index (Phi) is 9.73. The van der Waals surface area contributed by atoms with E-state index in [0.29, 0.717) is 31.2 Å². The molecule has 0 bridgehead atoms. The third kappa shape index (κ3) is 8.10. The van der Waals surface area contributed by atoms with Gasteiger partial charge in [0.1, 0.15) is 30.8 Å². The molecule has 2 rings (SSSR count). The largest absolute Gasteiger partial charge is 0.497 e. The summed E-state index contributed by atoms with van der Waals surface area (Å²) in [5, 5.41) is 10.3. The number of rotatable bonds is 13. The predicted octanol–water partition coefficient (Wildman–Crippen LogP) is 2.52. The van der Waals surface area contributed by atoms with Crippen molar-refractivity contribution in [2.75, 3.05) is 61.7 Å². The maximum Gasteiger partial charge on any atom is 0.161 e. The average Bonchev–Trinajstić information content (AvgIpc) is 2.73. The second-order valence-corrected chi connectivity index (χ2v) is 7.48. The number of methoxy groups -OCH3 is 2. The zero-order valence-electron chi connectivity index (χ0n) is 18.6. The van der Waals surface area contributed by atoms with Gasteiger partial charge in [-0.05, 0) is 51.0 Å². The van der Waals surface area contributed by atoms with E-state index in [9.17, 15) is 5.11 Å². The predicted molar refractivity (Wildman–Crippen MR) is 118 cm³/mol. The Morgan fingerprint density at radius 2 is 1.67 bits per heavy atom. The molecule has 0 amide bonds. The number of hydrogen-bond acceptors (Lipinski definition) is 7. The number of hydrogen-bond donors (Lipinski definition) is 1. The molecule has 1 N–H and O–H groups in total. The van der Waals surface area contributed by atoms with Crippen molar-refractivity contribution in [1.29, 1.82) is 0 Å². The summed E-state index contributed by atoms with van der Waals surface area (Å²) in [4.78, 5) is 4.11. The van der Waals surface area contributed by atoms with Gasteiger partial charge in [-0.15, -0.1) is 0 Å². The zero-order chi connectivity index (χ0) is 21.9. The smallest absolute Gasteiger partial charge is 0.161 e. The SMILES string of the molecule is COc1cccc(OC[C@H](O)CN(C)Cc2ccc(OCCN(C)C)c(OC)c2)c1. The third-order valence-electron chi connectivity index (χ3n) is 4.48. The first-order valence-corrected chi connectivity index (χ1v) is 9.99. The lowest BCUT2D eigenvalue weighted by Crippen LogP contribution is -2.32. The Morgan fingerprint density at radius 3 is 2.37 bits per heavy atom. The lowest BCUT2D eigenvalue weighted by Gasteiger charge is -2.21. The van der Waals surface area contributed by atoms with Crippen molar-refractivity contribution >= 4 is 0 Å². The minimum Gasteiger partial charge on any atom is -0.497 e. The van der Waals surface area contributed by atoms with Crippen LogP contribution in [0.3, 0.4) is 0 Å². The summed E-state index contributed by atoms with van der Waals surface area (Å²) in [5.41, 5.74) is 1.08. The third-order valence-corrected chi connectivity index (χ3v) is 4.48. The number of aliphatic hydroxyl groups is 1. The number of ether oxygens (including phenoxy) is 4. The van der Waals surface area contributed by atoms with Gasteiger partial charge in [-0.25, -0.2) is 0 Å². The molecule has 0 spiro atoms. The van der Waals surface area contributed by atoms with E-state index in [4.69, 9.17) is 18.9 Å². The standard InChI is InChI=1S/C23H34N2O5/c1-24(2)11-12-29-22-10-9-18(13-23(22)28-5)15-25(3)16-19(26)17-30-21-8-6-7-20(14-21)27-4/h6-10,13-14,19,26H,11-12,15-17H2,1-5H3/t19-/m1/s1. The van der Waals surface area contributed by atoms with E-state index in [2.05, 4.69) is 4.90 Å². The molecule has 2 aromatic rings. The van der Waals surface area contributed by atoms with E-state index in [0.717, 1.165) is 23.6 Å². The molecule has 0 saturated heterocycles. The molecule has 0 radical (unpaired) electrons. The lowest BCUT2D eigenvalue weighted by molar-refractivity contribution is 0.0743. The van der Waals surface area contributed by atoms with Gasteiger partial charge in [0, 0.05) is 25.7 Å². The molecule has 7 nitrogen and oxygen atoms in total. The van der Waals surface area contributed by atoms with E-state index in [1.54, 1.807) is 20.3 Å². The maximum atomic E-state index is 10.3. The van der Waals surface area contributed by atoms with E-state index in [1.165, 1.54) is 0 Å². The molecule has 0 aliphatic heterocycles. The van der Waals surface area contributed by atoms with Gasteiger partial charge in [0.05, 0.1) is 14.2 Å². The number of benzene rings is 2. The minimum absolute atomic E-state index is 0.208. The Balaban J connectivity index is 1.83. The first kappa shape index (κ1) is 23.8. The average molecular weight is 419 g/mol. The molecule has 0 heterocycles. The van der Waals surface area contributed by atoms with Crippen LogP contribution in [-0.4, -0.2) is 82.7 Å². The van der Waals surface area contributed by atoms with Crippen molar-refractivity contribution in [3.05, 3.63) is 48.0 Å². The van der Waals surface area contributed by atoms with Crippen molar-refractivity contribution < 1.29 is 24.1 Å². The van der Waals surface area contributed by atoms with Crippen LogP contribution in [0.25, 0.3) is 0 Å². The molecular formula is C23H34N2O5. The fourth-order valence-electron chi connectivity index (χ4n) is 2.94. The van der Waals surface area contributed by atoms with Crippen molar-refractivity contribution in [3.8, 4) is 23.0 Å². The fourth-order valence-corrected chi connectivity index (χ4v) is 2.94. The highest BCUT2D eigenvalue weighted by molar-refractivity contribution is 5.43. The zero-order valence-corrected chi connectivity index (χ0v) is 18.6. The molecule has 30 heavy (non-hydrogen) atoms. The molecule has 0 fully saturated rings. The van der Waals surface area contributed by atoms with Crippen molar-refractivity contribution in [3.63, 3.8) is 0 Å². The lowest BCUT2D eigenvalue weighted by atomic mass is 10.2. The molecule has 7 heteroatoms. The van der Waals surface area contributed by atoms with Gasteiger partial charge in [-0.2, -0.15) is 0 Å². The van der Waals surface area contributed by atoms with Gasteiger partial charge in [-0.3, -0.25) is 4.90 Å². The number of nitrogens with zero attached hydrogens (tertiary/aromatic N) is 2. The summed E-state index contributed by atoms with van der Waals surface area (Å²) in [5.74, 6) is 2.84. The van der Waals surface area contributed by atoms with Gasteiger partial charge >= 0.3 is 0 Å². The van der Waals surface area contributed by atoms with E-state index < -0.39 is 6.10 Å². The highest BCUT2D eigenvalue weighted by Gasteiger charge is 2.12. The van der Waals surface area contributed by atoms with Gasteiger partial charge in [0.25, 0.3) is 0 Å². The van der Waals surface area contributed by atoms with Crippen LogP contribution < -0.4 is 18.9 Å². The molecule has 1 atom stereocenters. The van der Waals surface area contributed by atoms with Gasteiger partial charge < -0.3 is 29.0 Å². The van der Waals surface area contributed by atoms with Gasteiger partial charge in [0.2, 0.25) is 0 Å². The first-order chi connectivity index (χ1) is 14.4. The Hall–Kier alpha value is -2.48. The molecule has 166 valence electrons. The highest BCUT2D eigenvalue weighted by atomic mass is 16.5. The highest BCUT2D eigenvalue weighted by Crippen LogP contribution is 2.28. The molecule has 0 aromatic heterocycles. The van der Waals surface area contributed by atoms with Crippen LogP contribution in [0.5, 0.6) is 23.0 Å². The first-order valence-electron chi connectivity index (χ1n) is 9.99. The molecule has 0 aliphatic rings. The maximum absolute atomic E-state index is 10.3. The molecular weight excluding hydrogens is 384 g/mol. The van der Waals surface area contributed by atoms with Crippen LogP contribution in [-0.2, 0) is 6.54 Å². The number of likely N-dealkylation sites (N-methyl/N-ethyl adjacent to an activating group) is 2. The second kappa shape index (κ2) is 12.3. The van der Waals surface area contributed by atoms with Crippen LogP contribution in [0.1, 0.15) is 5.56 Å². The summed E-state index contributed by atoms with van der Waals surface area (Å²) in [6, 6.07) is 13.3. The molecule has 0 aliphatic carbocycles. The normalized spacial score (nSPS) is 12.1. The van der Waals surface area contributed by atoms with Crippen molar-refractivity contribution in [1.82, 2.24) is 9.80 Å². The van der Waals surface area contributed by atoms with Crippen LogP contribution in [0.15, 0.2) is 42.5 Å².